The molecule has 1 aliphatic heterocycles. The highest BCUT2D eigenvalue weighted by atomic mass is 35.5. The first-order chi connectivity index (χ1) is 10.2. The molecule has 2 rings (SSSR count). The molecule has 0 spiro atoms. The predicted molar refractivity (Wildman–Crippen MR) is 91.9 cm³/mol. The number of sulfonamides is 1. The van der Waals surface area contributed by atoms with Crippen molar-refractivity contribution in [1.29, 1.82) is 0 Å². The number of benzene rings is 1. The summed E-state index contributed by atoms with van der Waals surface area (Å²) in [5.41, 5.74) is 5.75. The molecule has 0 aliphatic carbocycles. The van der Waals surface area contributed by atoms with E-state index in [9.17, 15) is 16.8 Å². The van der Waals surface area contributed by atoms with E-state index < -0.39 is 19.9 Å². The summed E-state index contributed by atoms with van der Waals surface area (Å²) in [6.07, 6.45) is 2.85. The maximum Gasteiger partial charge on any atom is 0.243 e. The van der Waals surface area contributed by atoms with Crippen molar-refractivity contribution in [3.05, 3.63) is 24.3 Å². The van der Waals surface area contributed by atoms with E-state index in [4.69, 9.17) is 5.73 Å². The van der Waals surface area contributed by atoms with Crippen LogP contribution < -0.4 is 5.73 Å². The van der Waals surface area contributed by atoms with Crippen molar-refractivity contribution in [3.8, 4) is 0 Å². The molecular formula is C14H23ClN2O4S2. The van der Waals surface area contributed by atoms with Gasteiger partial charge in [0.05, 0.1) is 9.79 Å². The lowest BCUT2D eigenvalue weighted by Gasteiger charge is -2.38. The predicted octanol–water partition coefficient (Wildman–Crippen LogP) is 1.26. The van der Waals surface area contributed by atoms with Crippen molar-refractivity contribution in [3.63, 3.8) is 0 Å². The number of sulfone groups is 1. The summed E-state index contributed by atoms with van der Waals surface area (Å²) in [5, 5.41) is 0. The molecule has 1 heterocycles. The van der Waals surface area contributed by atoms with Crippen LogP contribution in [0.3, 0.4) is 0 Å². The Kier molecular flexibility index (Phi) is 6.63. The molecule has 0 saturated carbocycles. The zero-order chi connectivity index (χ0) is 16.5. The number of hydrogen-bond donors (Lipinski definition) is 1. The van der Waals surface area contributed by atoms with Crippen molar-refractivity contribution < 1.29 is 16.8 Å². The van der Waals surface area contributed by atoms with Crippen LogP contribution in [0.15, 0.2) is 34.1 Å². The molecule has 1 aromatic carbocycles. The molecule has 9 heteroatoms. The van der Waals surface area contributed by atoms with Crippen LogP contribution in [0.2, 0.25) is 0 Å². The molecule has 23 heavy (non-hydrogen) atoms. The quantitative estimate of drug-likeness (QED) is 0.845. The van der Waals surface area contributed by atoms with E-state index in [0.717, 1.165) is 19.1 Å². The number of piperidine rings is 1. The fourth-order valence-corrected chi connectivity index (χ4v) is 5.25. The third kappa shape index (κ3) is 4.24. The van der Waals surface area contributed by atoms with E-state index in [2.05, 4.69) is 0 Å². The number of rotatable bonds is 4. The van der Waals surface area contributed by atoms with Crippen molar-refractivity contribution in [2.45, 2.75) is 35.6 Å². The molecular weight excluding hydrogens is 360 g/mol. The number of halogens is 1. The molecule has 132 valence electrons. The Morgan fingerprint density at radius 3 is 2.13 bits per heavy atom. The molecule has 0 bridgehead atoms. The van der Waals surface area contributed by atoms with Crippen LogP contribution in [0.25, 0.3) is 0 Å². The van der Waals surface area contributed by atoms with Gasteiger partial charge in [-0.05, 0) is 43.0 Å². The van der Waals surface area contributed by atoms with Gasteiger partial charge < -0.3 is 5.73 Å². The van der Waals surface area contributed by atoms with Gasteiger partial charge in [0.1, 0.15) is 0 Å². The molecule has 0 aromatic heterocycles. The molecule has 6 nitrogen and oxygen atoms in total. The molecule has 2 N–H and O–H groups in total. The van der Waals surface area contributed by atoms with Gasteiger partial charge in [-0.1, -0.05) is 6.92 Å². The third-order valence-electron chi connectivity index (χ3n) is 4.16. The number of nitrogens with zero attached hydrogens (tertiary/aromatic N) is 1. The van der Waals surface area contributed by atoms with Gasteiger partial charge in [-0.15, -0.1) is 12.4 Å². The lowest BCUT2D eigenvalue weighted by molar-refractivity contribution is 0.192. The Balaban J connectivity index is 0.00000264. The highest BCUT2D eigenvalue weighted by Crippen LogP contribution is 2.29. The standard InChI is InChI=1S/C14H22N2O4S2.ClH/c1-11-4-3-9-16(14(11)10-15)22(19,20)13-7-5-12(6-8-13)21(2,17)18;/h5-8,11,14H,3-4,9-10,15H2,1-2H3;1H. The van der Waals surface area contributed by atoms with Gasteiger partial charge in [0.15, 0.2) is 9.84 Å². The molecule has 2 unspecified atom stereocenters. The summed E-state index contributed by atoms with van der Waals surface area (Å²) in [6, 6.07) is 5.13. The van der Waals surface area contributed by atoms with E-state index in [0.29, 0.717) is 6.54 Å². The van der Waals surface area contributed by atoms with Crippen LogP contribution in [-0.4, -0.2) is 46.5 Å². The normalized spacial score (nSPS) is 23.3. The van der Waals surface area contributed by atoms with Crippen molar-refractivity contribution in [2.24, 2.45) is 11.7 Å². The van der Waals surface area contributed by atoms with Crippen LogP contribution >= 0.6 is 12.4 Å². The van der Waals surface area contributed by atoms with Crippen LogP contribution in [0.4, 0.5) is 0 Å². The van der Waals surface area contributed by atoms with E-state index >= 15 is 0 Å². The summed E-state index contributed by atoms with van der Waals surface area (Å²) in [6.45, 7) is 2.73. The molecule has 1 saturated heterocycles. The minimum atomic E-state index is -3.66. The second-order valence-corrected chi connectivity index (χ2v) is 9.69. The van der Waals surface area contributed by atoms with Crippen molar-refractivity contribution >= 4 is 32.3 Å². The van der Waals surface area contributed by atoms with E-state index in [1.807, 2.05) is 6.92 Å². The smallest absolute Gasteiger partial charge is 0.243 e. The zero-order valence-electron chi connectivity index (χ0n) is 13.2. The Morgan fingerprint density at radius 1 is 1.13 bits per heavy atom. The minimum absolute atomic E-state index is 0. The minimum Gasteiger partial charge on any atom is -0.329 e. The Hall–Kier alpha value is -0.670. The van der Waals surface area contributed by atoms with E-state index in [1.165, 1.54) is 28.6 Å². The third-order valence-corrected chi connectivity index (χ3v) is 7.23. The summed E-state index contributed by atoms with van der Waals surface area (Å²) in [4.78, 5) is 0.210. The van der Waals surface area contributed by atoms with E-state index in [1.54, 1.807) is 0 Å². The average Bonchev–Trinajstić information content (AvgIpc) is 2.46. The fourth-order valence-electron chi connectivity index (χ4n) is 2.85. The first-order valence-corrected chi connectivity index (χ1v) is 10.5. The van der Waals surface area contributed by atoms with Gasteiger partial charge in [-0.3, -0.25) is 0 Å². The molecule has 1 aromatic rings. The molecule has 1 fully saturated rings. The Labute approximate surface area is 144 Å². The summed E-state index contributed by atoms with van der Waals surface area (Å²) in [5.74, 6) is 0.212. The topological polar surface area (TPSA) is 97.5 Å². The molecule has 2 atom stereocenters. The van der Waals surface area contributed by atoms with Crippen LogP contribution in [0, 0.1) is 5.92 Å². The lowest BCUT2D eigenvalue weighted by Crippen LogP contribution is -2.51. The van der Waals surface area contributed by atoms with Gasteiger partial charge in [0.2, 0.25) is 10.0 Å². The molecule has 0 amide bonds. The summed E-state index contributed by atoms with van der Waals surface area (Å²) in [7, 11) is -7.00. The van der Waals surface area contributed by atoms with Gasteiger partial charge in [0.25, 0.3) is 0 Å². The molecule has 0 radical (unpaired) electrons. The van der Waals surface area contributed by atoms with E-state index in [-0.39, 0.29) is 40.7 Å². The van der Waals surface area contributed by atoms with Gasteiger partial charge in [-0.25, -0.2) is 16.8 Å². The number of nitrogens with two attached hydrogens (primary N) is 1. The SMILES string of the molecule is CC1CCCN(S(=O)(=O)c2ccc(S(C)(=O)=O)cc2)C1CN.Cl. The van der Waals surface area contributed by atoms with Crippen LogP contribution in [-0.2, 0) is 19.9 Å². The number of hydrogen-bond acceptors (Lipinski definition) is 5. The van der Waals surface area contributed by atoms with Gasteiger partial charge >= 0.3 is 0 Å². The summed E-state index contributed by atoms with van der Waals surface area (Å²) < 4.78 is 49.9. The first kappa shape index (κ1) is 20.4. The largest absolute Gasteiger partial charge is 0.329 e. The Bertz CT molecular complexity index is 733. The van der Waals surface area contributed by atoms with Crippen molar-refractivity contribution in [2.75, 3.05) is 19.3 Å². The molecule has 1 aliphatic rings. The first-order valence-electron chi connectivity index (χ1n) is 7.20. The Morgan fingerprint density at radius 2 is 1.65 bits per heavy atom. The maximum absolute atomic E-state index is 12.8. The monoisotopic (exact) mass is 382 g/mol. The second kappa shape index (κ2) is 7.48. The van der Waals surface area contributed by atoms with Crippen LogP contribution in [0.1, 0.15) is 19.8 Å². The van der Waals surface area contributed by atoms with Gasteiger partial charge in [-0.2, -0.15) is 4.31 Å². The average molecular weight is 383 g/mol. The summed E-state index contributed by atoms with van der Waals surface area (Å²) >= 11 is 0. The van der Waals surface area contributed by atoms with Crippen LogP contribution in [0.5, 0.6) is 0 Å². The highest BCUT2D eigenvalue weighted by Gasteiger charge is 2.36. The highest BCUT2D eigenvalue weighted by molar-refractivity contribution is 7.90. The maximum atomic E-state index is 12.8. The van der Waals surface area contributed by atoms with Crippen molar-refractivity contribution in [1.82, 2.24) is 4.31 Å². The van der Waals surface area contributed by atoms with Gasteiger partial charge in [0, 0.05) is 25.4 Å². The fraction of sp³-hybridized carbons (Fsp3) is 0.571. The zero-order valence-corrected chi connectivity index (χ0v) is 15.6. The second-order valence-electron chi connectivity index (χ2n) is 5.78. The lowest BCUT2D eigenvalue weighted by atomic mass is 9.93.